The van der Waals surface area contributed by atoms with Crippen LogP contribution in [0.5, 0.6) is 0 Å². The number of hydroxylamine groups is 1. The van der Waals surface area contributed by atoms with Crippen LogP contribution in [0.15, 0.2) is 54.7 Å². The minimum Gasteiger partial charge on any atom is -0.288 e. The third-order valence-electron chi connectivity index (χ3n) is 3.45. The molecule has 0 radical (unpaired) electrons. The molecule has 23 heavy (non-hydrogen) atoms. The maximum Gasteiger partial charge on any atom is 0.267 e. The van der Waals surface area contributed by atoms with Gasteiger partial charge in [0.2, 0.25) is 0 Å². The number of rotatable bonds is 4. The van der Waals surface area contributed by atoms with Gasteiger partial charge in [-0.1, -0.05) is 29.8 Å². The lowest BCUT2D eigenvalue weighted by molar-refractivity contribution is -0.124. The third kappa shape index (κ3) is 3.59. The summed E-state index contributed by atoms with van der Waals surface area (Å²) in [7, 11) is 0. The van der Waals surface area contributed by atoms with E-state index in [1.807, 2.05) is 47.1 Å². The smallest absolute Gasteiger partial charge is 0.267 e. The van der Waals surface area contributed by atoms with Gasteiger partial charge in [-0.15, -0.1) is 0 Å². The highest BCUT2D eigenvalue weighted by Gasteiger charge is 2.04. The normalized spacial score (nSPS) is 11.2. The SMILES string of the molecule is O=C(/C=C/c1ccc2c(cnn2Cc2ccc(Cl)cc2)c1)NO. The molecular formula is C17H14ClN3O2. The van der Waals surface area contributed by atoms with Crippen LogP contribution in [0, 0.1) is 0 Å². The van der Waals surface area contributed by atoms with E-state index < -0.39 is 5.91 Å². The van der Waals surface area contributed by atoms with Crippen molar-refractivity contribution in [2.24, 2.45) is 0 Å². The number of aromatic nitrogens is 2. The molecule has 0 saturated heterocycles. The molecule has 116 valence electrons. The van der Waals surface area contributed by atoms with Crippen LogP contribution in [-0.2, 0) is 11.3 Å². The molecule has 0 aliphatic heterocycles. The highest BCUT2D eigenvalue weighted by molar-refractivity contribution is 6.30. The van der Waals surface area contributed by atoms with Crippen molar-refractivity contribution >= 4 is 34.5 Å². The second-order valence-electron chi connectivity index (χ2n) is 5.06. The van der Waals surface area contributed by atoms with Crippen LogP contribution in [-0.4, -0.2) is 20.9 Å². The first-order chi connectivity index (χ1) is 11.2. The lowest BCUT2D eigenvalue weighted by Crippen LogP contribution is -2.14. The second-order valence-corrected chi connectivity index (χ2v) is 5.49. The molecular weight excluding hydrogens is 314 g/mol. The van der Waals surface area contributed by atoms with E-state index in [0.717, 1.165) is 22.0 Å². The van der Waals surface area contributed by atoms with Crippen LogP contribution in [0.1, 0.15) is 11.1 Å². The summed E-state index contributed by atoms with van der Waals surface area (Å²) in [5.41, 5.74) is 4.53. The van der Waals surface area contributed by atoms with Crippen molar-refractivity contribution in [3.8, 4) is 0 Å². The van der Waals surface area contributed by atoms with E-state index in [1.54, 1.807) is 17.8 Å². The summed E-state index contributed by atoms with van der Waals surface area (Å²) in [5, 5.41) is 14.6. The van der Waals surface area contributed by atoms with Gasteiger partial charge >= 0.3 is 0 Å². The Morgan fingerprint density at radius 3 is 2.78 bits per heavy atom. The summed E-state index contributed by atoms with van der Waals surface area (Å²) in [6.07, 6.45) is 4.68. The summed E-state index contributed by atoms with van der Waals surface area (Å²) in [6.45, 7) is 0.656. The van der Waals surface area contributed by atoms with E-state index in [2.05, 4.69) is 5.10 Å². The molecule has 0 aliphatic carbocycles. The number of hydrogen-bond donors (Lipinski definition) is 2. The summed E-state index contributed by atoms with van der Waals surface area (Å²) in [6, 6.07) is 13.4. The number of nitrogens with zero attached hydrogens (tertiary/aromatic N) is 2. The van der Waals surface area contributed by atoms with Crippen molar-refractivity contribution in [3.63, 3.8) is 0 Å². The summed E-state index contributed by atoms with van der Waals surface area (Å²) >= 11 is 5.90. The highest BCUT2D eigenvalue weighted by Crippen LogP contribution is 2.18. The molecule has 1 amide bonds. The predicted molar refractivity (Wildman–Crippen MR) is 89.3 cm³/mol. The lowest BCUT2D eigenvalue weighted by Gasteiger charge is -2.04. The van der Waals surface area contributed by atoms with Gasteiger partial charge in [-0.3, -0.25) is 14.7 Å². The Kier molecular flexibility index (Phi) is 4.41. The Hall–Kier alpha value is -2.63. The minimum atomic E-state index is -0.566. The van der Waals surface area contributed by atoms with E-state index in [0.29, 0.717) is 11.6 Å². The zero-order valence-corrected chi connectivity index (χ0v) is 12.9. The molecule has 0 fully saturated rings. The number of hydrogen-bond acceptors (Lipinski definition) is 3. The molecule has 2 N–H and O–H groups in total. The monoisotopic (exact) mass is 327 g/mol. The number of benzene rings is 2. The molecule has 0 aliphatic rings. The molecule has 3 aromatic rings. The quantitative estimate of drug-likeness (QED) is 0.439. The van der Waals surface area contributed by atoms with Crippen LogP contribution < -0.4 is 5.48 Å². The first kappa shape index (κ1) is 15.3. The number of nitrogens with one attached hydrogen (secondary N) is 1. The predicted octanol–water partition coefficient (Wildman–Crippen LogP) is 3.26. The molecule has 0 atom stereocenters. The van der Waals surface area contributed by atoms with Gasteiger partial charge in [0.25, 0.3) is 5.91 Å². The van der Waals surface area contributed by atoms with Crippen LogP contribution in [0.3, 0.4) is 0 Å². The number of fused-ring (bicyclic) bond motifs is 1. The molecule has 0 unspecified atom stereocenters. The van der Waals surface area contributed by atoms with E-state index in [9.17, 15) is 4.79 Å². The van der Waals surface area contributed by atoms with Gasteiger partial charge in [0.05, 0.1) is 18.3 Å². The topological polar surface area (TPSA) is 67.2 Å². The molecule has 0 bridgehead atoms. The Balaban J connectivity index is 1.85. The van der Waals surface area contributed by atoms with Gasteiger partial charge in [-0.05, 0) is 41.5 Å². The maximum atomic E-state index is 11.0. The Morgan fingerprint density at radius 2 is 2.04 bits per heavy atom. The highest BCUT2D eigenvalue weighted by atomic mass is 35.5. The lowest BCUT2D eigenvalue weighted by atomic mass is 10.1. The fraction of sp³-hybridized carbons (Fsp3) is 0.0588. The van der Waals surface area contributed by atoms with Crippen molar-refractivity contribution in [2.45, 2.75) is 6.54 Å². The molecule has 1 heterocycles. The number of carbonyl (C=O) groups is 1. The van der Waals surface area contributed by atoms with Crippen molar-refractivity contribution in [3.05, 3.63) is 70.9 Å². The van der Waals surface area contributed by atoms with Crippen LogP contribution in [0.25, 0.3) is 17.0 Å². The number of halogens is 1. The molecule has 5 nitrogen and oxygen atoms in total. The first-order valence-electron chi connectivity index (χ1n) is 6.98. The van der Waals surface area contributed by atoms with Crippen molar-refractivity contribution in [2.75, 3.05) is 0 Å². The van der Waals surface area contributed by atoms with Crippen molar-refractivity contribution in [1.29, 1.82) is 0 Å². The fourth-order valence-corrected chi connectivity index (χ4v) is 2.43. The third-order valence-corrected chi connectivity index (χ3v) is 3.70. The maximum absolute atomic E-state index is 11.0. The summed E-state index contributed by atoms with van der Waals surface area (Å²) in [5.74, 6) is -0.566. The van der Waals surface area contributed by atoms with E-state index in [-0.39, 0.29) is 0 Å². The standard InChI is InChI=1S/C17H14ClN3O2/c18-15-5-1-13(2-6-15)11-21-16-7-3-12(4-8-17(22)20-23)9-14(16)10-19-21/h1-10,23H,11H2,(H,20,22)/b8-4+. The van der Waals surface area contributed by atoms with Crippen molar-refractivity contribution in [1.82, 2.24) is 15.3 Å². The largest absolute Gasteiger partial charge is 0.288 e. The molecule has 0 saturated carbocycles. The van der Waals surface area contributed by atoms with Gasteiger partial charge in [0.1, 0.15) is 0 Å². The van der Waals surface area contributed by atoms with Gasteiger partial charge in [0.15, 0.2) is 0 Å². The summed E-state index contributed by atoms with van der Waals surface area (Å²) in [4.78, 5) is 11.0. The van der Waals surface area contributed by atoms with Crippen LogP contribution in [0.2, 0.25) is 5.02 Å². The molecule has 6 heteroatoms. The zero-order chi connectivity index (χ0) is 16.2. The van der Waals surface area contributed by atoms with Gasteiger partial charge in [0, 0.05) is 16.5 Å². The second kappa shape index (κ2) is 6.64. The van der Waals surface area contributed by atoms with Crippen LogP contribution in [0.4, 0.5) is 0 Å². The zero-order valence-electron chi connectivity index (χ0n) is 12.1. The van der Waals surface area contributed by atoms with E-state index >= 15 is 0 Å². The number of carbonyl (C=O) groups excluding carboxylic acids is 1. The van der Waals surface area contributed by atoms with Crippen molar-refractivity contribution < 1.29 is 10.0 Å². The molecule has 3 rings (SSSR count). The molecule has 1 aromatic heterocycles. The first-order valence-corrected chi connectivity index (χ1v) is 7.36. The average Bonchev–Trinajstić information content (AvgIpc) is 2.97. The Labute approximate surface area is 137 Å². The van der Waals surface area contributed by atoms with Gasteiger partial charge in [-0.2, -0.15) is 5.10 Å². The van der Waals surface area contributed by atoms with Gasteiger partial charge < -0.3 is 0 Å². The Bertz CT molecular complexity index is 869. The van der Waals surface area contributed by atoms with E-state index in [4.69, 9.17) is 16.8 Å². The van der Waals surface area contributed by atoms with Crippen LogP contribution >= 0.6 is 11.6 Å². The minimum absolute atomic E-state index is 0.566. The molecule has 0 spiro atoms. The fourth-order valence-electron chi connectivity index (χ4n) is 2.31. The number of amides is 1. The average molecular weight is 328 g/mol. The van der Waals surface area contributed by atoms with Gasteiger partial charge in [-0.25, -0.2) is 5.48 Å². The summed E-state index contributed by atoms with van der Waals surface area (Å²) < 4.78 is 1.91. The van der Waals surface area contributed by atoms with E-state index in [1.165, 1.54) is 6.08 Å². The molecule has 2 aromatic carbocycles. The Morgan fingerprint density at radius 1 is 1.26 bits per heavy atom.